The van der Waals surface area contributed by atoms with E-state index in [9.17, 15) is 18.0 Å². The number of aromatic nitrogens is 2. The van der Waals surface area contributed by atoms with Crippen LogP contribution in [0.1, 0.15) is 28.8 Å². The van der Waals surface area contributed by atoms with E-state index < -0.39 is 18.1 Å². The fourth-order valence-corrected chi connectivity index (χ4v) is 4.56. The number of piperidine rings is 1. The molecule has 0 radical (unpaired) electrons. The van der Waals surface area contributed by atoms with Crippen LogP contribution in [0, 0.1) is 5.92 Å². The molecule has 3 heterocycles. The highest BCUT2D eigenvalue weighted by Crippen LogP contribution is 2.27. The number of carboxylic acid groups (broad SMARTS) is 1. The largest absolute Gasteiger partial charge is 0.490 e. The number of aliphatic carboxylic acids is 1. The molecule has 2 aromatic carbocycles. The molecule has 1 amide bonds. The van der Waals surface area contributed by atoms with Crippen LogP contribution in [-0.4, -0.2) is 57.6 Å². The van der Waals surface area contributed by atoms with Gasteiger partial charge in [-0.25, -0.2) is 10.3 Å². The van der Waals surface area contributed by atoms with E-state index in [1.807, 2.05) is 0 Å². The van der Waals surface area contributed by atoms with Gasteiger partial charge in [-0.05, 0) is 55.1 Å². The summed E-state index contributed by atoms with van der Waals surface area (Å²) < 4.78 is 39.8. The number of fused-ring (bicyclic) bond motifs is 2. The van der Waals surface area contributed by atoms with Crippen molar-refractivity contribution in [3.63, 3.8) is 0 Å². The SMILES string of the molecule is Cn1cc(CNCC2CCN(c3nc4cc(C(=O)NO)ccc4o3)CC2)c2ccccc21.O=C(O)C(F)(F)F. The monoisotopic (exact) mass is 547 g/mol. The van der Waals surface area contributed by atoms with Gasteiger partial charge in [0.2, 0.25) is 0 Å². The quantitative estimate of drug-likeness (QED) is 0.210. The molecule has 1 saturated heterocycles. The van der Waals surface area contributed by atoms with E-state index in [0.717, 1.165) is 39.0 Å². The zero-order valence-corrected chi connectivity index (χ0v) is 21.0. The molecule has 0 aliphatic carbocycles. The van der Waals surface area contributed by atoms with Crippen molar-refractivity contribution in [2.45, 2.75) is 25.6 Å². The number of hydrogen-bond donors (Lipinski definition) is 4. The van der Waals surface area contributed by atoms with Gasteiger partial charge in [-0.3, -0.25) is 10.0 Å². The summed E-state index contributed by atoms with van der Waals surface area (Å²) in [6, 6.07) is 14.0. The number of benzene rings is 2. The number of carboxylic acids is 1. The molecule has 10 nitrogen and oxygen atoms in total. The summed E-state index contributed by atoms with van der Waals surface area (Å²) in [4.78, 5) is 27.2. The Balaban J connectivity index is 0.000000448. The predicted octanol–water partition coefficient (Wildman–Crippen LogP) is 4.08. The van der Waals surface area contributed by atoms with Gasteiger partial charge in [0, 0.05) is 49.3 Å². The summed E-state index contributed by atoms with van der Waals surface area (Å²) in [5, 5.41) is 20.9. The van der Waals surface area contributed by atoms with Crippen LogP contribution >= 0.6 is 0 Å². The summed E-state index contributed by atoms with van der Waals surface area (Å²) in [6.07, 6.45) is -0.734. The molecule has 1 aliphatic heterocycles. The summed E-state index contributed by atoms with van der Waals surface area (Å²) in [5.74, 6) is -2.70. The normalized spacial score (nSPS) is 14.3. The van der Waals surface area contributed by atoms with Gasteiger partial charge in [-0.15, -0.1) is 0 Å². The number of amides is 1. The summed E-state index contributed by atoms with van der Waals surface area (Å²) >= 11 is 0. The van der Waals surface area contributed by atoms with Crippen LogP contribution in [-0.2, 0) is 18.4 Å². The second kappa shape index (κ2) is 11.7. The second-order valence-electron chi connectivity index (χ2n) is 9.27. The highest BCUT2D eigenvalue weighted by Gasteiger charge is 2.38. The number of nitrogens with one attached hydrogen (secondary N) is 2. The van der Waals surface area contributed by atoms with Gasteiger partial charge in [-0.1, -0.05) is 18.2 Å². The third-order valence-electron chi connectivity index (χ3n) is 6.60. The molecule has 4 aromatic rings. The number of hydroxylamine groups is 1. The Morgan fingerprint density at radius 1 is 1.15 bits per heavy atom. The van der Waals surface area contributed by atoms with Crippen LogP contribution in [0.15, 0.2) is 53.1 Å². The molecule has 1 fully saturated rings. The summed E-state index contributed by atoms with van der Waals surface area (Å²) in [5.41, 5.74) is 5.83. The number of aryl methyl sites for hydroxylation is 1. The Bertz CT molecular complexity index is 1460. The number of anilines is 1. The minimum atomic E-state index is -5.08. The van der Waals surface area contributed by atoms with Crippen molar-refractivity contribution in [2.24, 2.45) is 13.0 Å². The van der Waals surface area contributed by atoms with E-state index in [1.165, 1.54) is 16.5 Å². The van der Waals surface area contributed by atoms with Crippen LogP contribution in [0.3, 0.4) is 0 Å². The van der Waals surface area contributed by atoms with Gasteiger partial charge in [-0.2, -0.15) is 18.2 Å². The zero-order chi connectivity index (χ0) is 28.2. The molecule has 0 unspecified atom stereocenters. The molecule has 0 saturated carbocycles. The maximum Gasteiger partial charge on any atom is 0.490 e. The maximum atomic E-state index is 11.6. The molecule has 0 bridgehead atoms. The Morgan fingerprint density at radius 2 is 1.85 bits per heavy atom. The van der Waals surface area contributed by atoms with Gasteiger partial charge < -0.3 is 24.3 Å². The molecule has 39 heavy (non-hydrogen) atoms. The third-order valence-corrected chi connectivity index (χ3v) is 6.60. The van der Waals surface area contributed by atoms with Crippen molar-refractivity contribution in [1.82, 2.24) is 20.3 Å². The average Bonchev–Trinajstić information content (AvgIpc) is 3.49. The van der Waals surface area contributed by atoms with Crippen molar-refractivity contribution < 1.29 is 37.5 Å². The molecular weight excluding hydrogens is 519 g/mol. The zero-order valence-electron chi connectivity index (χ0n) is 21.0. The minimum absolute atomic E-state index is 0.343. The molecule has 13 heteroatoms. The van der Waals surface area contributed by atoms with Gasteiger partial charge in [0.1, 0.15) is 5.52 Å². The Hall–Kier alpha value is -4.10. The Morgan fingerprint density at radius 3 is 2.51 bits per heavy atom. The number of alkyl halides is 3. The third kappa shape index (κ3) is 6.67. The number of oxazole rings is 1. The van der Waals surface area contributed by atoms with E-state index in [0.29, 0.717) is 28.6 Å². The molecular formula is C26H28F3N5O5. The lowest BCUT2D eigenvalue weighted by Gasteiger charge is -2.31. The summed E-state index contributed by atoms with van der Waals surface area (Å²) in [7, 11) is 2.09. The lowest BCUT2D eigenvalue weighted by molar-refractivity contribution is -0.192. The smallest absolute Gasteiger partial charge is 0.475 e. The van der Waals surface area contributed by atoms with Crippen molar-refractivity contribution in [3.05, 3.63) is 59.8 Å². The van der Waals surface area contributed by atoms with Gasteiger partial charge in [0.15, 0.2) is 5.58 Å². The Labute approximate surface area is 221 Å². The van der Waals surface area contributed by atoms with Crippen LogP contribution in [0.4, 0.5) is 19.2 Å². The first-order valence-corrected chi connectivity index (χ1v) is 12.2. The lowest BCUT2D eigenvalue weighted by Crippen LogP contribution is -2.37. The predicted molar refractivity (Wildman–Crippen MR) is 137 cm³/mol. The molecule has 4 N–H and O–H groups in total. The molecule has 0 atom stereocenters. The first-order chi connectivity index (χ1) is 18.6. The Kier molecular flexibility index (Phi) is 8.41. The first-order valence-electron chi connectivity index (χ1n) is 12.2. The van der Waals surface area contributed by atoms with Crippen molar-refractivity contribution in [1.29, 1.82) is 0 Å². The van der Waals surface area contributed by atoms with E-state index in [4.69, 9.17) is 19.5 Å². The number of para-hydroxylation sites is 1. The number of carbonyl (C=O) groups excluding carboxylic acids is 1. The fourth-order valence-electron chi connectivity index (χ4n) is 4.56. The van der Waals surface area contributed by atoms with Crippen molar-refractivity contribution in [2.75, 3.05) is 24.5 Å². The summed E-state index contributed by atoms with van der Waals surface area (Å²) in [6.45, 7) is 3.63. The highest BCUT2D eigenvalue weighted by atomic mass is 19.4. The van der Waals surface area contributed by atoms with Crippen molar-refractivity contribution in [3.8, 4) is 0 Å². The molecule has 208 valence electrons. The maximum absolute atomic E-state index is 11.6. The minimum Gasteiger partial charge on any atom is -0.475 e. The highest BCUT2D eigenvalue weighted by molar-refractivity contribution is 5.96. The first kappa shape index (κ1) is 27.9. The number of carbonyl (C=O) groups is 2. The number of halogens is 3. The van der Waals surface area contributed by atoms with E-state index >= 15 is 0 Å². The number of hydrogen-bond acceptors (Lipinski definition) is 7. The van der Waals surface area contributed by atoms with E-state index in [2.05, 4.69) is 57.3 Å². The molecule has 5 rings (SSSR count). The van der Waals surface area contributed by atoms with Crippen molar-refractivity contribution >= 4 is 39.9 Å². The van der Waals surface area contributed by atoms with Gasteiger partial charge in [0.25, 0.3) is 11.9 Å². The average molecular weight is 548 g/mol. The lowest BCUT2D eigenvalue weighted by atomic mass is 9.97. The van der Waals surface area contributed by atoms with Gasteiger partial charge in [0.05, 0.1) is 0 Å². The van der Waals surface area contributed by atoms with E-state index in [1.54, 1.807) is 23.7 Å². The number of nitrogens with zero attached hydrogens (tertiary/aromatic N) is 3. The van der Waals surface area contributed by atoms with Crippen LogP contribution in [0.5, 0.6) is 0 Å². The van der Waals surface area contributed by atoms with Crippen LogP contribution in [0.25, 0.3) is 22.0 Å². The van der Waals surface area contributed by atoms with E-state index in [-0.39, 0.29) is 0 Å². The fraction of sp³-hybridized carbons (Fsp3) is 0.346. The second-order valence-corrected chi connectivity index (χ2v) is 9.27. The standard InChI is InChI=1S/C24H27N5O3.C2HF3O2/c1-28-15-18(19-4-2-3-5-21(19)28)14-25-13-16-8-10-29(11-9-16)24-26-20-12-17(23(30)27-31)6-7-22(20)32-24;3-2(4,5)1(6)7/h2-7,12,15-16,25,31H,8-11,13-14H2,1H3,(H,27,30);(H,6,7). The van der Waals surface area contributed by atoms with Crippen LogP contribution < -0.4 is 15.7 Å². The van der Waals surface area contributed by atoms with Crippen LogP contribution in [0.2, 0.25) is 0 Å². The molecule has 1 aliphatic rings. The topological polar surface area (TPSA) is 133 Å². The van der Waals surface area contributed by atoms with Gasteiger partial charge >= 0.3 is 12.1 Å². The molecule has 0 spiro atoms. The number of rotatable bonds is 6. The molecule has 2 aromatic heterocycles.